The minimum absolute atomic E-state index is 0.153. The van der Waals surface area contributed by atoms with Gasteiger partial charge >= 0.3 is 0 Å². The van der Waals surface area contributed by atoms with Gasteiger partial charge in [-0.1, -0.05) is 24.8 Å². The number of aromatic amines is 1. The van der Waals surface area contributed by atoms with Gasteiger partial charge in [-0.25, -0.2) is 4.98 Å². The van der Waals surface area contributed by atoms with Crippen LogP contribution in [-0.2, 0) is 0 Å². The van der Waals surface area contributed by atoms with Gasteiger partial charge in [0.2, 0.25) is 0 Å². The van der Waals surface area contributed by atoms with E-state index in [2.05, 4.69) is 48.2 Å². The lowest BCUT2D eigenvalue weighted by Crippen LogP contribution is -2.46. The van der Waals surface area contributed by atoms with Gasteiger partial charge in [-0.15, -0.1) is 0 Å². The molecule has 0 spiro atoms. The Balaban J connectivity index is 1.95. The molecule has 5 heteroatoms. The lowest BCUT2D eigenvalue weighted by molar-refractivity contribution is 0.173. The molecule has 0 fully saturated rings. The van der Waals surface area contributed by atoms with Crippen molar-refractivity contribution in [2.45, 2.75) is 37.9 Å². The van der Waals surface area contributed by atoms with E-state index in [1.165, 1.54) is 5.56 Å². The van der Waals surface area contributed by atoms with Crippen molar-refractivity contribution >= 4 is 22.8 Å². The lowest BCUT2D eigenvalue weighted by atomic mass is 10.0. The summed E-state index contributed by atoms with van der Waals surface area (Å²) in [7, 11) is 0. The van der Waals surface area contributed by atoms with Crippen LogP contribution >= 0.6 is 11.8 Å². The van der Waals surface area contributed by atoms with E-state index in [9.17, 15) is 5.11 Å². The molecule has 0 aliphatic rings. The van der Waals surface area contributed by atoms with Crippen molar-refractivity contribution in [1.82, 2.24) is 15.3 Å². The third kappa shape index (κ3) is 3.75. The summed E-state index contributed by atoms with van der Waals surface area (Å²) in [6.07, 6.45) is 0.901. The van der Waals surface area contributed by atoms with E-state index in [1.807, 2.05) is 6.07 Å². The first-order valence-electron chi connectivity index (χ1n) is 7.01. The fourth-order valence-electron chi connectivity index (χ4n) is 2.19. The predicted octanol–water partition coefficient (Wildman–Crippen LogP) is 2.71. The number of aliphatic hydroxyl groups is 1. The Hall–Kier alpha value is -1.04. The van der Waals surface area contributed by atoms with E-state index in [-0.39, 0.29) is 12.1 Å². The van der Waals surface area contributed by atoms with Crippen LogP contribution in [0.15, 0.2) is 23.4 Å². The number of imidazole rings is 1. The van der Waals surface area contributed by atoms with E-state index in [1.54, 1.807) is 11.8 Å². The average Bonchev–Trinajstić information content (AvgIpc) is 2.80. The standard InChI is InChI=1S/C15H23N3OS/c1-4-16-15(3,10-19)7-8-20-14-17-12-6-5-11(2)9-13(12)18-14/h5-6,9,16,19H,4,7-8,10H2,1-3H3,(H,17,18). The van der Waals surface area contributed by atoms with Crippen LogP contribution in [0.5, 0.6) is 0 Å². The molecule has 1 unspecified atom stereocenters. The van der Waals surface area contributed by atoms with Gasteiger partial charge in [-0.05, 0) is 44.5 Å². The molecule has 3 N–H and O–H groups in total. The summed E-state index contributed by atoms with van der Waals surface area (Å²) < 4.78 is 0. The number of nitrogens with one attached hydrogen (secondary N) is 2. The third-order valence-corrected chi connectivity index (χ3v) is 4.34. The molecule has 0 bridgehead atoms. The lowest BCUT2D eigenvalue weighted by Gasteiger charge is -2.27. The van der Waals surface area contributed by atoms with Crippen LogP contribution in [0.2, 0.25) is 0 Å². The molecular weight excluding hydrogens is 270 g/mol. The summed E-state index contributed by atoms with van der Waals surface area (Å²) in [6, 6.07) is 6.23. The molecule has 0 aliphatic heterocycles. The number of hydrogen-bond donors (Lipinski definition) is 3. The normalized spacial score (nSPS) is 14.6. The summed E-state index contributed by atoms with van der Waals surface area (Å²) in [5.74, 6) is 0.920. The smallest absolute Gasteiger partial charge is 0.166 e. The molecular formula is C15H23N3OS. The molecule has 0 radical (unpaired) electrons. The number of hydrogen-bond acceptors (Lipinski definition) is 4. The fraction of sp³-hybridized carbons (Fsp3) is 0.533. The second-order valence-corrected chi connectivity index (χ2v) is 6.49. The van der Waals surface area contributed by atoms with Crippen molar-refractivity contribution in [1.29, 1.82) is 0 Å². The molecule has 0 saturated carbocycles. The molecule has 2 rings (SSSR count). The second kappa shape index (κ2) is 6.61. The van der Waals surface area contributed by atoms with Gasteiger partial charge in [0.15, 0.2) is 5.16 Å². The molecule has 1 aromatic heterocycles. The van der Waals surface area contributed by atoms with Crippen molar-refractivity contribution in [3.63, 3.8) is 0 Å². The highest BCUT2D eigenvalue weighted by Crippen LogP contribution is 2.23. The first-order chi connectivity index (χ1) is 9.56. The Morgan fingerprint density at radius 1 is 1.45 bits per heavy atom. The number of aromatic nitrogens is 2. The zero-order valence-electron chi connectivity index (χ0n) is 12.4. The Morgan fingerprint density at radius 3 is 2.95 bits per heavy atom. The molecule has 0 saturated heterocycles. The highest BCUT2D eigenvalue weighted by Gasteiger charge is 2.21. The van der Waals surface area contributed by atoms with Crippen LogP contribution in [0.4, 0.5) is 0 Å². The van der Waals surface area contributed by atoms with Crippen molar-refractivity contribution in [3.8, 4) is 0 Å². The first-order valence-corrected chi connectivity index (χ1v) is 8.00. The number of H-pyrrole nitrogens is 1. The number of nitrogens with zero attached hydrogens (tertiary/aromatic N) is 1. The van der Waals surface area contributed by atoms with Gasteiger partial charge in [-0.3, -0.25) is 0 Å². The Kier molecular flexibility index (Phi) is 5.07. The molecule has 110 valence electrons. The molecule has 1 atom stereocenters. The maximum Gasteiger partial charge on any atom is 0.166 e. The van der Waals surface area contributed by atoms with Crippen LogP contribution in [-0.4, -0.2) is 39.5 Å². The zero-order valence-corrected chi connectivity index (χ0v) is 13.2. The summed E-state index contributed by atoms with van der Waals surface area (Å²) in [6.45, 7) is 7.21. The summed E-state index contributed by atoms with van der Waals surface area (Å²) in [4.78, 5) is 7.91. The zero-order chi connectivity index (χ0) is 14.6. The van der Waals surface area contributed by atoms with Crippen molar-refractivity contribution in [2.75, 3.05) is 18.9 Å². The van der Waals surface area contributed by atoms with Crippen LogP contribution in [0.25, 0.3) is 11.0 Å². The Bertz CT molecular complexity index is 569. The van der Waals surface area contributed by atoms with Crippen LogP contribution in [0, 0.1) is 6.92 Å². The highest BCUT2D eigenvalue weighted by molar-refractivity contribution is 7.99. The van der Waals surface area contributed by atoms with E-state index >= 15 is 0 Å². The van der Waals surface area contributed by atoms with Crippen LogP contribution in [0.3, 0.4) is 0 Å². The predicted molar refractivity (Wildman–Crippen MR) is 85.3 cm³/mol. The fourth-order valence-corrected chi connectivity index (χ4v) is 3.28. The number of rotatable bonds is 7. The first kappa shape index (κ1) is 15.4. The van der Waals surface area contributed by atoms with Crippen molar-refractivity contribution in [2.24, 2.45) is 0 Å². The number of benzene rings is 1. The molecule has 1 heterocycles. The number of likely N-dealkylation sites (N-methyl/N-ethyl adjacent to an activating group) is 1. The Morgan fingerprint density at radius 2 is 2.25 bits per heavy atom. The van der Waals surface area contributed by atoms with Crippen LogP contribution < -0.4 is 5.32 Å². The van der Waals surface area contributed by atoms with Crippen LogP contribution in [0.1, 0.15) is 25.8 Å². The molecule has 0 aliphatic carbocycles. The highest BCUT2D eigenvalue weighted by atomic mass is 32.2. The summed E-state index contributed by atoms with van der Waals surface area (Å²) in [5, 5.41) is 13.7. The van der Waals surface area contributed by atoms with E-state index in [4.69, 9.17) is 0 Å². The summed E-state index contributed by atoms with van der Waals surface area (Å²) in [5.41, 5.74) is 3.13. The van der Waals surface area contributed by atoms with Gasteiger partial charge in [0.1, 0.15) is 0 Å². The monoisotopic (exact) mass is 293 g/mol. The van der Waals surface area contributed by atoms with Gasteiger partial charge in [0.05, 0.1) is 17.6 Å². The van der Waals surface area contributed by atoms with Crippen molar-refractivity contribution < 1.29 is 5.11 Å². The maximum absolute atomic E-state index is 9.46. The van der Waals surface area contributed by atoms with E-state index < -0.39 is 0 Å². The topological polar surface area (TPSA) is 60.9 Å². The number of thioether (sulfide) groups is 1. The van der Waals surface area contributed by atoms with Gasteiger partial charge in [0.25, 0.3) is 0 Å². The quantitative estimate of drug-likeness (QED) is 0.687. The number of aryl methyl sites for hydroxylation is 1. The van der Waals surface area contributed by atoms with Gasteiger partial charge in [0, 0.05) is 11.3 Å². The summed E-state index contributed by atoms with van der Waals surface area (Å²) >= 11 is 1.70. The average molecular weight is 293 g/mol. The third-order valence-electron chi connectivity index (χ3n) is 3.46. The Labute approximate surface area is 124 Å². The minimum atomic E-state index is -0.204. The second-order valence-electron chi connectivity index (χ2n) is 5.41. The van der Waals surface area contributed by atoms with Gasteiger partial charge < -0.3 is 15.4 Å². The van der Waals surface area contributed by atoms with Crippen molar-refractivity contribution in [3.05, 3.63) is 23.8 Å². The molecule has 1 aromatic carbocycles. The minimum Gasteiger partial charge on any atom is -0.394 e. The maximum atomic E-state index is 9.46. The molecule has 20 heavy (non-hydrogen) atoms. The largest absolute Gasteiger partial charge is 0.394 e. The number of fused-ring (bicyclic) bond motifs is 1. The molecule has 4 nitrogen and oxygen atoms in total. The van der Waals surface area contributed by atoms with E-state index in [0.717, 1.165) is 34.9 Å². The SMILES string of the molecule is CCNC(C)(CO)CCSc1nc2ccc(C)cc2[nH]1. The molecule has 2 aromatic rings. The molecule has 0 amide bonds. The van der Waals surface area contributed by atoms with Gasteiger partial charge in [-0.2, -0.15) is 0 Å². The van der Waals surface area contributed by atoms with E-state index in [0.29, 0.717) is 0 Å². The number of aliphatic hydroxyl groups excluding tert-OH is 1.